The highest BCUT2D eigenvalue weighted by Crippen LogP contribution is 2.70. The van der Waals surface area contributed by atoms with Crippen molar-refractivity contribution in [3.8, 4) is 0 Å². The summed E-state index contributed by atoms with van der Waals surface area (Å²) in [5.74, 6) is -1.18. The van der Waals surface area contributed by atoms with Crippen LogP contribution in [-0.4, -0.2) is 116 Å². The first-order valence-corrected chi connectivity index (χ1v) is 23.1. The van der Waals surface area contributed by atoms with Gasteiger partial charge in [0.2, 0.25) is 47.3 Å². The van der Waals surface area contributed by atoms with E-state index >= 15 is 0 Å². The molecule has 0 heterocycles. The van der Waals surface area contributed by atoms with Gasteiger partial charge in [-0.2, -0.15) is 0 Å². The summed E-state index contributed by atoms with van der Waals surface area (Å²) in [5.41, 5.74) is 0.806. The van der Waals surface area contributed by atoms with Gasteiger partial charge in [0.15, 0.2) is 0 Å². The molecule has 8 amide bonds. The SMILES string of the molecule is CNC(=O)C(C)C.CNC(=O)C1CC1.CNC(=O)C1CC1(C)C.CNC(=O)C1CC1(F)F.CNC(=O)C1CC12CC2.CNC(=O)C1CC1C.CNC(=O)C1CC1F.CNC(=O)C1CCC1. The van der Waals surface area contributed by atoms with Crippen LogP contribution >= 0.6 is 0 Å². The average molecular weight is 931 g/mol. The fraction of sp³-hybridized carbons (Fsp3) is 0.826. The molecule has 7 atom stereocenters. The highest BCUT2D eigenvalue weighted by Gasteiger charge is 2.65. The Labute approximate surface area is 384 Å². The average Bonchev–Trinajstić information content (AvgIpc) is 4.07. The number of rotatable bonds is 8. The van der Waals surface area contributed by atoms with E-state index in [9.17, 15) is 51.5 Å². The smallest absolute Gasteiger partial charge is 0.260 e. The number of amides is 8. The first-order valence-electron chi connectivity index (χ1n) is 23.1. The van der Waals surface area contributed by atoms with Gasteiger partial charge in [0.05, 0.1) is 5.92 Å². The second-order valence-electron chi connectivity index (χ2n) is 19.0. The molecule has 0 aliphatic heterocycles. The number of carbonyl (C=O) groups is 8. The summed E-state index contributed by atoms with van der Waals surface area (Å²) in [7, 11) is 13.0. The molecule has 0 aromatic carbocycles. The number of carbonyl (C=O) groups excluding carboxylic acids is 8. The van der Waals surface area contributed by atoms with Crippen molar-refractivity contribution in [3.63, 3.8) is 0 Å². The Balaban J connectivity index is 0.000000372. The van der Waals surface area contributed by atoms with Crippen molar-refractivity contribution in [2.45, 2.75) is 124 Å². The lowest BCUT2D eigenvalue weighted by molar-refractivity contribution is -0.127. The molecule has 0 aromatic heterocycles. The largest absolute Gasteiger partial charge is 0.359 e. The predicted molar refractivity (Wildman–Crippen MR) is 242 cm³/mol. The Morgan fingerprint density at radius 1 is 0.508 bits per heavy atom. The highest BCUT2D eigenvalue weighted by atomic mass is 19.3. The lowest BCUT2D eigenvalue weighted by Gasteiger charge is -2.22. The van der Waals surface area contributed by atoms with Gasteiger partial charge in [0.25, 0.3) is 5.92 Å². The van der Waals surface area contributed by atoms with Crippen molar-refractivity contribution in [2.24, 2.45) is 64.1 Å². The monoisotopic (exact) mass is 931 g/mol. The van der Waals surface area contributed by atoms with Gasteiger partial charge in [0.1, 0.15) is 12.1 Å². The molecule has 16 nitrogen and oxygen atoms in total. The molecule has 0 bridgehead atoms. The molecule has 8 saturated carbocycles. The first kappa shape index (κ1) is 58.6. The van der Waals surface area contributed by atoms with Crippen LogP contribution in [0.4, 0.5) is 13.2 Å². The van der Waals surface area contributed by atoms with Crippen molar-refractivity contribution in [3.05, 3.63) is 0 Å². The van der Waals surface area contributed by atoms with Crippen LogP contribution in [0.3, 0.4) is 0 Å². The molecule has 8 aliphatic carbocycles. The van der Waals surface area contributed by atoms with Crippen LogP contribution in [-0.2, 0) is 38.4 Å². The molecule has 8 N–H and O–H groups in total. The summed E-state index contributed by atoms with van der Waals surface area (Å²) in [5, 5.41) is 20.2. The van der Waals surface area contributed by atoms with Crippen LogP contribution in [0.15, 0.2) is 0 Å². The summed E-state index contributed by atoms with van der Waals surface area (Å²) >= 11 is 0. The third-order valence-corrected chi connectivity index (χ3v) is 12.8. The summed E-state index contributed by atoms with van der Waals surface area (Å²) < 4.78 is 35.9. The van der Waals surface area contributed by atoms with Crippen LogP contribution < -0.4 is 42.5 Å². The molecule has 0 saturated heterocycles. The van der Waals surface area contributed by atoms with Gasteiger partial charge in [-0.1, -0.05) is 41.0 Å². The molecule has 8 aliphatic rings. The van der Waals surface area contributed by atoms with E-state index in [1.807, 2.05) is 13.8 Å². The third kappa shape index (κ3) is 21.2. The molecule has 374 valence electrons. The van der Waals surface area contributed by atoms with E-state index in [-0.39, 0.29) is 70.9 Å². The van der Waals surface area contributed by atoms with Crippen molar-refractivity contribution < 1.29 is 51.5 Å². The molecule has 8 fully saturated rings. The zero-order valence-electron chi connectivity index (χ0n) is 41.2. The van der Waals surface area contributed by atoms with E-state index in [0.717, 1.165) is 44.9 Å². The van der Waals surface area contributed by atoms with Crippen LogP contribution in [0.2, 0.25) is 0 Å². The van der Waals surface area contributed by atoms with E-state index in [1.54, 1.807) is 42.3 Å². The molecule has 19 heteroatoms. The summed E-state index contributed by atoms with van der Waals surface area (Å²) in [4.78, 5) is 84.8. The zero-order valence-corrected chi connectivity index (χ0v) is 41.2. The van der Waals surface area contributed by atoms with E-state index in [0.29, 0.717) is 41.4 Å². The Hall–Kier alpha value is -4.45. The van der Waals surface area contributed by atoms with Crippen molar-refractivity contribution >= 4 is 47.3 Å². The minimum Gasteiger partial charge on any atom is -0.359 e. The van der Waals surface area contributed by atoms with Crippen molar-refractivity contribution in [1.29, 1.82) is 0 Å². The number of hydrogen-bond donors (Lipinski definition) is 8. The van der Waals surface area contributed by atoms with Crippen LogP contribution in [0.25, 0.3) is 0 Å². The second-order valence-corrected chi connectivity index (χ2v) is 19.0. The molecule has 1 spiro atoms. The maximum Gasteiger partial charge on any atom is 0.260 e. The van der Waals surface area contributed by atoms with Gasteiger partial charge in [0, 0.05) is 98.3 Å². The van der Waals surface area contributed by atoms with Gasteiger partial charge in [-0.25, -0.2) is 13.2 Å². The zero-order chi connectivity index (χ0) is 50.0. The fourth-order valence-corrected chi connectivity index (χ4v) is 6.57. The number of nitrogens with one attached hydrogen (secondary N) is 8. The van der Waals surface area contributed by atoms with Crippen molar-refractivity contribution in [1.82, 2.24) is 42.5 Å². The Bertz CT molecular complexity index is 1490. The van der Waals surface area contributed by atoms with Crippen LogP contribution in [0, 0.1) is 64.1 Å². The lowest BCUT2D eigenvalue weighted by Crippen LogP contribution is -2.31. The molecular weight excluding hydrogens is 850 g/mol. The second kappa shape index (κ2) is 26.6. The molecule has 7 unspecified atom stereocenters. The van der Waals surface area contributed by atoms with Gasteiger partial charge in [-0.15, -0.1) is 0 Å². The molecule has 8 rings (SSSR count). The van der Waals surface area contributed by atoms with Gasteiger partial charge in [-0.3, -0.25) is 38.4 Å². The summed E-state index contributed by atoms with van der Waals surface area (Å²) in [6.07, 6.45) is 10.8. The molecule has 0 radical (unpaired) electrons. The number of halogens is 3. The number of hydrogen-bond acceptors (Lipinski definition) is 8. The Kier molecular flexibility index (Phi) is 24.0. The fourth-order valence-electron chi connectivity index (χ4n) is 6.57. The van der Waals surface area contributed by atoms with Crippen LogP contribution in [0.5, 0.6) is 0 Å². The molecular formula is C46H81F3N8O8. The van der Waals surface area contributed by atoms with Gasteiger partial charge < -0.3 is 42.5 Å². The Morgan fingerprint density at radius 3 is 0.985 bits per heavy atom. The van der Waals surface area contributed by atoms with E-state index in [1.165, 1.54) is 33.4 Å². The topological polar surface area (TPSA) is 233 Å². The van der Waals surface area contributed by atoms with Crippen LogP contribution in [0.1, 0.15) is 112 Å². The van der Waals surface area contributed by atoms with E-state index in [2.05, 4.69) is 63.3 Å². The molecule has 65 heavy (non-hydrogen) atoms. The predicted octanol–water partition coefficient (Wildman–Crippen LogP) is 3.24. The summed E-state index contributed by atoms with van der Waals surface area (Å²) in [6, 6.07) is 0. The number of alkyl halides is 3. The summed E-state index contributed by atoms with van der Waals surface area (Å²) in [6.45, 7) is 10.1. The van der Waals surface area contributed by atoms with E-state index in [4.69, 9.17) is 0 Å². The normalized spacial score (nSPS) is 26.8. The Morgan fingerprint density at radius 2 is 0.862 bits per heavy atom. The quantitative estimate of drug-likeness (QED) is 0.180. The lowest BCUT2D eigenvalue weighted by atomic mass is 9.85. The minimum atomic E-state index is -2.72. The first-order chi connectivity index (χ1) is 30.3. The standard InChI is InChI=1S/C7H11NO.C7H13NO.2C6H11NO.C5H7F2NO.C5H8FNO.C5H9NO.C5H11NO/c1-8-6(9)5-4-7(5)2-3-7;1-7(2)4-5(7)6(9)8-3;1-4-3-5(4)6(8)7-2;1-7-6(8)5-3-2-4-5;1-8-4(9)3-2-5(3,6)7;1-7-5(8)3-2-4(3)6;1-6-5(7)4-2-3-4;1-4(2)5(7)6-3/h5H,2-4H2,1H3,(H,8,9);5H,4H2,1-3H3,(H,8,9);4-5H,3H2,1-2H3,(H,7,8);5H,2-4H2,1H3,(H,7,8);3H,2H2,1H3,(H,8,9);3-4H,2H2,1H3,(H,7,8);4H,2-3H2,1H3,(H,6,7);4H,1-3H3,(H,6,7). The minimum absolute atomic E-state index is 0.0972. The van der Waals surface area contributed by atoms with Gasteiger partial charge in [-0.05, 0) is 81.0 Å². The van der Waals surface area contributed by atoms with Crippen molar-refractivity contribution in [2.75, 3.05) is 56.4 Å². The van der Waals surface area contributed by atoms with E-state index < -0.39 is 23.9 Å². The maximum atomic E-state index is 12.0. The molecule has 0 aromatic rings. The maximum absolute atomic E-state index is 12.0. The van der Waals surface area contributed by atoms with Gasteiger partial charge >= 0.3 is 0 Å². The highest BCUT2D eigenvalue weighted by molar-refractivity contribution is 5.84. The third-order valence-electron chi connectivity index (χ3n) is 12.8.